The fourth-order valence-electron chi connectivity index (χ4n) is 5.12. The van der Waals surface area contributed by atoms with Gasteiger partial charge in [-0.05, 0) is 50.5 Å². The maximum Gasteiger partial charge on any atom is 0.260 e. The molecule has 0 unspecified atom stereocenters. The van der Waals surface area contributed by atoms with Gasteiger partial charge in [0.2, 0.25) is 11.2 Å². The largest absolute Gasteiger partial charge is 0.484 e. The number of piperidine rings is 1. The van der Waals surface area contributed by atoms with Crippen molar-refractivity contribution in [2.24, 2.45) is 5.92 Å². The van der Waals surface area contributed by atoms with E-state index in [4.69, 9.17) is 13.9 Å². The number of hydrogen-bond donors (Lipinski definition) is 1. The minimum absolute atomic E-state index is 0.100. The molecule has 2 heterocycles. The van der Waals surface area contributed by atoms with Gasteiger partial charge < -0.3 is 23.9 Å². The molecule has 2 aromatic carbocycles. The molecule has 0 radical (unpaired) electrons. The molecule has 1 aromatic heterocycles. The highest BCUT2D eigenvalue weighted by molar-refractivity contribution is 5.80. The topological polar surface area (TPSA) is 89.2 Å². The maximum atomic E-state index is 13.0. The number of carbonyl (C=O) groups excluding carboxylic acids is 1. The molecule has 1 amide bonds. The van der Waals surface area contributed by atoms with E-state index in [1.165, 1.54) is 0 Å². The van der Waals surface area contributed by atoms with Crippen molar-refractivity contribution in [2.45, 2.75) is 44.6 Å². The van der Waals surface area contributed by atoms with Crippen LogP contribution in [0.4, 0.5) is 0 Å². The van der Waals surface area contributed by atoms with Crippen LogP contribution in [0, 0.1) is 12.8 Å². The summed E-state index contributed by atoms with van der Waals surface area (Å²) in [7, 11) is 0. The predicted molar refractivity (Wildman–Crippen MR) is 127 cm³/mol. The Balaban J connectivity index is 1.27. The number of fused-ring (bicyclic) bond motifs is 2. The second-order valence-corrected chi connectivity index (χ2v) is 9.31. The van der Waals surface area contributed by atoms with E-state index in [2.05, 4.69) is 0 Å². The van der Waals surface area contributed by atoms with Crippen molar-refractivity contribution in [2.75, 3.05) is 19.7 Å². The molecule has 1 aliphatic heterocycles. The Morgan fingerprint density at radius 2 is 1.97 bits per heavy atom. The van der Waals surface area contributed by atoms with Crippen molar-refractivity contribution >= 4 is 16.9 Å². The molecule has 3 aromatic rings. The summed E-state index contributed by atoms with van der Waals surface area (Å²) in [4.78, 5) is 27.5. The van der Waals surface area contributed by atoms with Gasteiger partial charge in [-0.15, -0.1) is 0 Å². The molecule has 1 aliphatic carbocycles. The van der Waals surface area contributed by atoms with Crippen LogP contribution in [0.5, 0.6) is 17.2 Å². The number of aliphatic hydroxyl groups is 1. The Morgan fingerprint density at radius 1 is 1.15 bits per heavy atom. The van der Waals surface area contributed by atoms with Gasteiger partial charge in [0.1, 0.15) is 22.8 Å². The zero-order valence-corrected chi connectivity index (χ0v) is 19.3. The van der Waals surface area contributed by atoms with Gasteiger partial charge >= 0.3 is 0 Å². The predicted octanol–water partition coefficient (Wildman–Crippen LogP) is 4.43. The minimum atomic E-state index is -0.618. The SMILES string of the molecule is Cc1oc2cc(OCC(=O)N3CC[C@@]4(O)CCCC[C@H]4C3)ccc2c(=O)c1Oc1ccccc1. The van der Waals surface area contributed by atoms with Gasteiger partial charge in [0.25, 0.3) is 5.91 Å². The number of hydrogen-bond acceptors (Lipinski definition) is 6. The Labute approximate surface area is 197 Å². The quantitative estimate of drug-likeness (QED) is 0.602. The van der Waals surface area contributed by atoms with E-state index in [-0.39, 0.29) is 29.6 Å². The lowest BCUT2D eigenvalue weighted by molar-refractivity contribution is -0.145. The summed E-state index contributed by atoms with van der Waals surface area (Å²) in [5, 5.41) is 11.2. The summed E-state index contributed by atoms with van der Waals surface area (Å²) in [6, 6.07) is 14.0. The molecule has 5 rings (SSSR count). The van der Waals surface area contributed by atoms with Crippen molar-refractivity contribution in [1.82, 2.24) is 4.90 Å². The molecular weight excluding hydrogens is 434 g/mol. The number of likely N-dealkylation sites (tertiary alicyclic amines) is 1. The minimum Gasteiger partial charge on any atom is -0.484 e. The van der Waals surface area contributed by atoms with Gasteiger partial charge in [-0.1, -0.05) is 31.0 Å². The van der Waals surface area contributed by atoms with Gasteiger partial charge in [0.05, 0.1) is 11.0 Å². The summed E-state index contributed by atoms with van der Waals surface area (Å²) >= 11 is 0. The van der Waals surface area contributed by atoms with Gasteiger partial charge in [0, 0.05) is 25.1 Å². The number of carbonyl (C=O) groups is 1. The van der Waals surface area contributed by atoms with Gasteiger partial charge in [-0.3, -0.25) is 9.59 Å². The molecule has 34 heavy (non-hydrogen) atoms. The molecule has 1 N–H and O–H groups in total. The Hall–Kier alpha value is -3.32. The molecule has 7 nitrogen and oxygen atoms in total. The smallest absolute Gasteiger partial charge is 0.260 e. The van der Waals surface area contributed by atoms with Crippen LogP contribution in [0.1, 0.15) is 37.9 Å². The Kier molecular flexibility index (Phi) is 6.04. The number of nitrogens with zero attached hydrogens (tertiary/aromatic N) is 1. The second-order valence-electron chi connectivity index (χ2n) is 9.31. The standard InChI is InChI=1S/C27H29NO6/c1-18-26(34-20-8-3-2-4-9-20)25(30)22-11-10-21(15-23(22)33-18)32-17-24(29)28-14-13-27(31)12-6-5-7-19(27)16-28/h2-4,8-11,15,19,31H,5-7,12-14,16-17H2,1H3/t19-,27-/m0/s1. The average Bonchev–Trinajstić information content (AvgIpc) is 2.85. The average molecular weight is 464 g/mol. The highest BCUT2D eigenvalue weighted by atomic mass is 16.5. The molecule has 178 valence electrons. The lowest BCUT2D eigenvalue weighted by atomic mass is 9.71. The number of benzene rings is 2. The van der Waals surface area contributed by atoms with Crippen LogP contribution in [0.2, 0.25) is 0 Å². The Morgan fingerprint density at radius 3 is 2.79 bits per heavy atom. The zero-order chi connectivity index (χ0) is 23.7. The summed E-state index contributed by atoms with van der Waals surface area (Å²) in [6.07, 6.45) is 4.57. The third-order valence-corrected chi connectivity index (χ3v) is 7.09. The summed E-state index contributed by atoms with van der Waals surface area (Å²) in [5.74, 6) is 1.56. The highest BCUT2D eigenvalue weighted by Gasteiger charge is 2.43. The van der Waals surface area contributed by atoms with Crippen LogP contribution in [0.15, 0.2) is 57.7 Å². The molecule has 2 atom stereocenters. The lowest BCUT2D eigenvalue weighted by Gasteiger charge is -2.47. The molecule has 0 spiro atoms. The first kappa shape index (κ1) is 22.5. The van der Waals surface area contributed by atoms with Gasteiger partial charge in [-0.25, -0.2) is 0 Å². The van der Waals surface area contributed by atoms with E-state index < -0.39 is 5.60 Å². The zero-order valence-electron chi connectivity index (χ0n) is 19.3. The van der Waals surface area contributed by atoms with Crippen molar-refractivity contribution in [3.63, 3.8) is 0 Å². The van der Waals surface area contributed by atoms with Crippen LogP contribution in [-0.4, -0.2) is 41.2 Å². The van der Waals surface area contributed by atoms with Crippen molar-refractivity contribution in [3.8, 4) is 17.2 Å². The number of aryl methyl sites for hydroxylation is 1. The third-order valence-electron chi connectivity index (χ3n) is 7.09. The van der Waals surface area contributed by atoms with Crippen LogP contribution >= 0.6 is 0 Å². The van der Waals surface area contributed by atoms with Crippen molar-refractivity contribution in [3.05, 3.63) is 64.5 Å². The number of amides is 1. The second kappa shape index (κ2) is 9.14. The van der Waals surface area contributed by atoms with Crippen LogP contribution < -0.4 is 14.9 Å². The maximum absolute atomic E-state index is 13.0. The number of rotatable bonds is 5. The molecule has 1 saturated heterocycles. The summed E-state index contributed by atoms with van der Waals surface area (Å²) in [5.41, 5.74) is -0.510. The molecule has 0 bridgehead atoms. The van der Waals surface area contributed by atoms with Crippen LogP contribution in [-0.2, 0) is 4.79 Å². The van der Waals surface area contributed by atoms with Gasteiger partial charge in [0.15, 0.2) is 6.61 Å². The first-order valence-electron chi connectivity index (χ1n) is 11.9. The molecular formula is C27H29NO6. The van der Waals surface area contributed by atoms with E-state index in [1.54, 1.807) is 42.2 Å². The van der Waals surface area contributed by atoms with Crippen molar-refractivity contribution in [1.29, 1.82) is 0 Å². The summed E-state index contributed by atoms with van der Waals surface area (Å²) < 4.78 is 17.4. The van der Waals surface area contributed by atoms with Gasteiger partial charge in [-0.2, -0.15) is 0 Å². The van der Waals surface area contributed by atoms with E-state index in [0.717, 1.165) is 25.7 Å². The number of ether oxygens (including phenoxy) is 2. The fraction of sp³-hybridized carbons (Fsp3) is 0.407. The molecule has 2 fully saturated rings. The van der Waals surface area contributed by atoms with E-state index >= 15 is 0 Å². The van der Waals surface area contributed by atoms with Crippen LogP contribution in [0.25, 0.3) is 11.0 Å². The Bertz CT molecular complexity index is 1250. The number of para-hydroxylation sites is 1. The summed E-state index contributed by atoms with van der Waals surface area (Å²) in [6.45, 7) is 2.70. The fourth-order valence-corrected chi connectivity index (χ4v) is 5.12. The van der Waals surface area contributed by atoms with Crippen LogP contribution in [0.3, 0.4) is 0 Å². The highest BCUT2D eigenvalue weighted by Crippen LogP contribution is 2.39. The van der Waals surface area contributed by atoms with E-state index in [1.807, 2.05) is 18.2 Å². The van der Waals surface area contributed by atoms with E-state index in [0.29, 0.717) is 47.7 Å². The third kappa shape index (κ3) is 4.40. The van der Waals surface area contributed by atoms with E-state index in [9.17, 15) is 14.7 Å². The molecule has 1 saturated carbocycles. The first-order chi connectivity index (χ1) is 16.4. The molecule has 7 heteroatoms. The monoisotopic (exact) mass is 463 g/mol. The lowest BCUT2D eigenvalue weighted by Crippen LogP contribution is -2.55. The molecule has 2 aliphatic rings. The normalized spacial score (nSPS) is 22.3. The van der Waals surface area contributed by atoms with Crippen molar-refractivity contribution < 1.29 is 23.8 Å². The first-order valence-corrected chi connectivity index (χ1v) is 11.9.